The van der Waals surface area contributed by atoms with E-state index in [2.05, 4.69) is 43.3 Å². The van der Waals surface area contributed by atoms with Crippen LogP contribution in [0.2, 0.25) is 0 Å². The van der Waals surface area contributed by atoms with E-state index in [0.717, 1.165) is 25.7 Å². The molecule has 0 aromatic rings. The number of aliphatic hydroxyl groups is 1. The van der Waals surface area contributed by atoms with Crippen molar-refractivity contribution >= 4 is 15.9 Å². The summed E-state index contributed by atoms with van der Waals surface area (Å²) in [6.45, 7) is 10.9. The predicted molar refractivity (Wildman–Crippen MR) is 76.3 cm³/mol. The lowest BCUT2D eigenvalue weighted by atomic mass is 9.54. The lowest BCUT2D eigenvalue weighted by Gasteiger charge is -2.55. The summed E-state index contributed by atoms with van der Waals surface area (Å²) in [7, 11) is 0. The summed E-state index contributed by atoms with van der Waals surface area (Å²) in [4.78, 5) is 0.585. The summed E-state index contributed by atoms with van der Waals surface area (Å²) in [5.41, 5.74) is 1.19. The van der Waals surface area contributed by atoms with E-state index < -0.39 is 5.60 Å². The topological polar surface area (TPSA) is 20.2 Å². The molecule has 0 unspecified atom stereocenters. The molecule has 1 N–H and O–H groups in total. The Morgan fingerprint density at radius 3 is 2.65 bits per heavy atom. The molecule has 1 nitrogen and oxygen atoms in total. The molecule has 2 rings (SSSR count). The van der Waals surface area contributed by atoms with E-state index in [9.17, 15) is 5.11 Å². The maximum Gasteiger partial charge on any atom is 0.0676 e. The molecule has 0 bridgehead atoms. The molecule has 0 spiro atoms. The Hall–Kier alpha value is 0.180. The van der Waals surface area contributed by atoms with Crippen molar-refractivity contribution in [2.24, 2.45) is 17.3 Å². The molecular weight excluding hydrogens is 276 g/mol. The van der Waals surface area contributed by atoms with Crippen molar-refractivity contribution in [2.75, 3.05) is 0 Å². The van der Waals surface area contributed by atoms with Crippen molar-refractivity contribution < 1.29 is 5.11 Å². The smallest absolute Gasteiger partial charge is 0.0676 e. The molecule has 98 valence electrons. The maximum atomic E-state index is 10.7. The van der Waals surface area contributed by atoms with E-state index in [1.807, 2.05) is 0 Å². The number of alkyl halides is 1. The Morgan fingerprint density at radius 1 is 1.41 bits per heavy atom. The Balaban J connectivity index is 2.26. The predicted octanol–water partition coefficient (Wildman–Crippen LogP) is 4.29. The van der Waals surface area contributed by atoms with Crippen LogP contribution in [-0.4, -0.2) is 15.5 Å². The first-order valence-corrected chi connectivity index (χ1v) is 7.75. The molecule has 4 atom stereocenters. The van der Waals surface area contributed by atoms with Gasteiger partial charge in [-0.3, -0.25) is 0 Å². The first kappa shape index (κ1) is 13.6. The molecule has 0 aromatic carbocycles. The first-order chi connectivity index (χ1) is 7.79. The number of allylic oxidation sites excluding steroid dienone is 1. The molecule has 2 saturated carbocycles. The summed E-state index contributed by atoms with van der Waals surface area (Å²) >= 11 is 3.87. The zero-order valence-electron chi connectivity index (χ0n) is 11.3. The molecule has 2 heteroatoms. The van der Waals surface area contributed by atoms with Crippen LogP contribution in [0.15, 0.2) is 12.2 Å². The molecule has 0 saturated heterocycles. The molecule has 2 fully saturated rings. The van der Waals surface area contributed by atoms with Gasteiger partial charge in [-0.05, 0) is 49.4 Å². The first-order valence-electron chi connectivity index (χ1n) is 6.84. The molecule has 0 amide bonds. The SMILES string of the molecule is C=C1CC[C@@H](Br)[C@]2(C)CC[C@@](O)(C(C)C)C[C@@H]12. The zero-order valence-corrected chi connectivity index (χ0v) is 12.9. The zero-order chi connectivity index (χ0) is 12.8. The number of hydrogen-bond donors (Lipinski definition) is 1. The summed E-state index contributed by atoms with van der Waals surface area (Å²) in [6.07, 6.45) is 5.27. The van der Waals surface area contributed by atoms with Crippen molar-refractivity contribution in [2.45, 2.75) is 63.3 Å². The minimum absolute atomic E-state index is 0.302. The van der Waals surface area contributed by atoms with E-state index in [-0.39, 0.29) is 0 Å². The summed E-state index contributed by atoms with van der Waals surface area (Å²) in [6, 6.07) is 0. The lowest BCUT2D eigenvalue weighted by molar-refractivity contribution is -0.0892. The molecule has 0 aromatic heterocycles. The average Bonchev–Trinajstić information content (AvgIpc) is 2.27. The van der Waals surface area contributed by atoms with Crippen LogP contribution in [0.5, 0.6) is 0 Å². The highest BCUT2D eigenvalue weighted by Crippen LogP contribution is 2.57. The summed E-state index contributed by atoms with van der Waals surface area (Å²) in [5, 5.41) is 10.7. The maximum absolute atomic E-state index is 10.7. The van der Waals surface area contributed by atoms with Crippen molar-refractivity contribution in [3.05, 3.63) is 12.2 Å². The summed E-state index contributed by atoms with van der Waals surface area (Å²) in [5.74, 6) is 0.831. The largest absolute Gasteiger partial charge is 0.390 e. The van der Waals surface area contributed by atoms with Crippen LogP contribution in [-0.2, 0) is 0 Å². The third-order valence-electron chi connectivity index (χ3n) is 5.45. The molecule has 2 aliphatic rings. The lowest BCUT2D eigenvalue weighted by Crippen LogP contribution is -2.52. The highest BCUT2D eigenvalue weighted by atomic mass is 79.9. The Labute approximate surface area is 114 Å². The minimum atomic E-state index is -0.475. The van der Waals surface area contributed by atoms with Crippen molar-refractivity contribution in [1.29, 1.82) is 0 Å². The minimum Gasteiger partial charge on any atom is -0.390 e. The van der Waals surface area contributed by atoms with E-state index in [1.165, 1.54) is 12.0 Å². The van der Waals surface area contributed by atoms with Gasteiger partial charge in [0, 0.05) is 4.83 Å². The summed E-state index contributed by atoms with van der Waals surface area (Å²) < 4.78 is 0. The second-order valence-corrected chi connectivity index (χ2v) is 7.79. The number of hydrogen-bond acceptors (Lipinski definition) is 1. The standard InChI is InChI=1S/C15H25BrO/c1-10(2)15(17)8-7-14(4)12(9-15)11(3)5-6-13(14)16/h10,12-13,17H,3,5-9H2,1-2,4H3/t12-,13+,14+,15-/m0/s1. The van der Waals surface area contributed by atoms with Crippen LogP contribution in [0.3, 0.4) is 0 Å². The van der Waals surface area contributed by atoms with Crippen LogP contribution in [0, 0.1) is 17.3 Å². The van der Waals surface area contributed by atoms with Gasteiger partial charge in [0.1, 0.15) is 0 Å². The Bertz CT molecular complexity index is 325. The van der Waals surface area contributed by atoms with E-state index in [0.29, 0.717) is 22.1 Å². The van der Waals surface area contributed by atoms with Gasteiger partial charge in [0.15, 0.2) is 0 Å². The van der Waals surface area contributed by atoms with Crippen molar-refractivity contribution in [3.8, 4) is 0 Å². The normalized spacial score (nSPS) is 47.1. The van der Waals surface area contributed by atoms with Crippen LogP contribution < -0.4 is 0 Å². The molecular formula is C15H25BrO. The van der Waals surface area contributed by atoms with Gasteiger partial charge in [-0.25, -0.2) is 0 Å². The average molecular weight is 301 g/mol. The van der Waals surface area contributed by atoms with Gasteiger partial charge in [-0.1, -0.05) is 48.9 Å². The molecule has 0 aliphatic heterocycles. The second kappa shape index (κ2) is 4.38. The molecule has 0 radical (unpaired) electrons. The van der Waals surface area contributed by atoms with Crippen LogP contribution in [0.1, 0.15) is 52.9 Å². The Kier molecular flexibility index (Phi) is 3.51. The monoisotopic (exact) mass is 300 g/mol. The van der Waals surface area contributed by atoms with E-state index in [1.54, 1.807) is 0 Å². The third kappa shape index (κ3) is 2.12. The quantitative estimate of drug-likeness (QED) is 0.566. The van der Waals surface area contributed by atoms with Gasteiger partial charge >= 0.3 is 0 Å². The fourth-order valence-corrected chi connectivity index (χ4v) is 4.45. The van der Waals surface area contributed by atoms with Gasteiger partial charge in [0.05, 0.1) is 5.60 Å². The van der Waals surface area contributed by atoms with Crippen LogP contribution in [0.25, 0.3) is 0 Å². The van der Waals surface area contributed by atoms with Crippen LogP contribution in [0.4, 0.5) is 0 Å². The fourth-order valence-electron chi connectivity index (χ4n) is 3.67. The van der Waals surface area contributed by atoms with E-state index in [4.69, 9.17) is 0 Å². The van der Waals surface area contributed by atoms with Gasteiger partial charge in [0.25, 0.3) is 0 Å². The van der Waals surface area contributed by atoms with E-state index >= 15 is 0 Å². The highest BCUT2D eigenvalue weighted by Gasteiger charge is 2.52. The van der Waals surface area contributed by atoms with Gasteiger partial charge in [0.2, 0.25) is 0 Å². The highest BCUT2D eigenvalue weighted by molar-refractivity contribution is 9.09. The van der Waals surface area contributed by atoms with Crippen LogP contribution >= 0.6 is 15.9 Å². The van der Waals surface area contributed by atoms with Gasteiger partial charge < -0.3 is 5.11 Å². The number of rotatable bonds is 1. The molecule has 2 aliphatic carbocycles. The van der Waals surface area contributed by atoms with Crippen molar-refractivity contribution in [3.63, 3.8) is 0 Å². The fraction of sp³-hybridized carbons (Fsp3) is 0.867. The van der Waals surface area contributed by atoms with Crippen molar-refractivity contribution in [1.82, 2.24) is 0 Å². The van der Waals surface area contributed by atoms with Gasteiger partial charge in [-0.2, -0.15) is 0 Å². The second-order valence-electron chi connectivity index (χ2n) is 6.69. The van der Waals surface area contributed by atoms with Gasteiger partial charge in [-0.15, -0.1) is 0 Å². The molecule has 0 heterocycles. The molecule has 17 heavy (non-hydrogen) atoms. The Morgan fingerprint density at radius 2 is 2.06 bits per heavy atom. The number of fused-ring (bicyclic) bond motifs is 1. The number of halogens is 1. The third-order valence-corrected chi connectivity index (χ3v) is 6.96.